The highest BCUT2D eigenvalue weighted by atomic mass is 28.4. The normalized spacial score (nSPS) is 26.9. The van der Waals surface area contributed by atoms with Crippen molar-refractivity contribution in [1.29, 1.82) is 0 Å². The highest BCUT2D eigenvalue weighted by Gasteiger charge is 2.57. The number of rotatable bonds is 10. The standard InChI is InChI=1S/C44H56O4Si2/c1-43(2,3)49(34-19-11-7-12-20-34,35-21-13-8-14-22-35)46-30-33-27-32-28-40-41(48-40)29-38(32)42(45)39(33)31-47-50(44(4,5)6,36-23-15-9-16-24-36)37-25-17-10-18-26-37/h7-26,32-33,38-42,45H,27-31H2,1-6H3/t32-,33-,38+,39-,40+,41-,42+/m0/s1. The van der Waals surface area contributed by atoms with Gasteiger partial charge in [-0.05, 0) is 67.8 Å². The topological polar surface area (TPSA) is 51.2 Å². The Bertz CT molecular complexity index is 1610. The molecule has 0 spiro atoms. The van der Waals surface area contributed by atoms with Crippen molar-refractivity contribution in [2.45, 2.75) is 89.2 Å². The van der Waals surface area contributed by atoms with E-state index in [4.69, 9.17) is 13.6 Å². The van der Waals surface area contributed by atoms with Crippen LogP contribution in [-0.2, 0) is 13.6 Å². The van der Waals surface area contributed by atoms with Gasteiger partial charge in [-0.2, -0.15) is 0 Å². The average molecular weight is 705 g/mol. The molecule has 7 rings (SSSR count). The van der Waals surface area contributed by atoms with Crippen LogP contribution in [0.5, 0.6) is 0 Å². The van der Waals surface area contributed by atoms with Crippen molar-refractivity contribution in [3.05, 3.63) is 121 Å². The molecular formula is C44H56O4Si2. The Balaban J connectivity index is 1.27. The van der Waals surface area contributed by atoms with Crippen LogP contribution in [0.4, 0.5) is 0 Å². The summed E-state index contributed by atoms with van der Waals surface area (Å²) >= 11 is 0. The minimum absolute atomic E-state index is 0.0496. The van der Waals surface area contributed by atoms with Gasteiger partial charge in [-0.25, -0.2) is 0 Å². The van der Waals surface area contributed by atoms with Gasteiger partial charge in [0.05, 0.1) is 18.3 Å². The first-order chi connectivity index (χ1) is 24.0. The van der Waals surface area contributed by atoms with Crippen LogP contribution in [-0.4, -0.2) is 53.3 Å². The molecule has 2 saturated carbocycles. The quantitative estimate of drug-likeness (QED) is 0.144. The average Bonchev–Trinajstić information content (AvgIpc) is 3.88. The first-order valence-corrected chi connectivity index (χ1v) is 22.6. The van der Waals surface area contributed by atoms with Crippen LogP contribution in [0.15, 0.2) is 121 Å². The lowest BCUT2D eigenvalue weighted by molar-refractivity contribution is -0.0820. The molecule has 1 saturated heterocycles. The number of hydrogen-bond acceptors (Lipinski definition) is 4. The predicted octanol–water partition coefficient (Wildman–Crippen LogP) is 6.93. The summed E-state index contributed by atoms with van der Waals surface area (Å²) in [4.78, 5) is 0. The van der Waals surface area contributed by atoms with Gasteiger partial charge in [0.1, 0.15) is 0 Å². The van der Waals surface area contributed by atoms with Crippen molar-refractivity contribution in [2.75, 3.05) is 13.2 Å². The monoisotopic (exact) mass is 704 g/mol. The van der Waals surface area contributed by atoms with Gasteiger partial charge in [-0.3, -0.25) is 0 Å². The van der Waals surface area contributed by atoms with Crippen molar-refractivity contribution in [3.8, 4) is 0 Å². The van der Waals surface area contributed by atoms with E-state index in [1.54, 1.807) is 0 Å². The summed E-state index contributed by atoms with van der Waals surface area (Å²) in [6, 6.07) is 43.7. The summed E-state index contributed by atoms with van der Waals surface area (Å²) in [5.74, 6) is 0.772. The number of fused-ring (bicyclic) bond motifs is 2. The first kappa shape index (κ1) is 35.6. The third-order valence-corrected chi connectivity index (χ3v) is 22.3. The van der Waals surface area contributed by atoms with Crippen molar-refractivity contribution >= 4 is 37.4 Å². The fourth-order valence-corrected chi connectivity index (χ4v) is 19.0. The summed E-state index contributed by atoms with van der Waals surface area (Å²) in [5, 5.41) is 17.3. The molecule has 1 heterocycles. The Labute approximate surface area is 302 Å². The van der Waals surface area contributed by atoms with E-state index in [2.05, 4.69) is 163 Å². The number of ether oxygens (including phenoxy) is 1. The van der Waals surface area contributed by atoms with E-state index in [9.17, 15) is 5.11 Å². The zero-order valence-corrected chi connectivity index (χ0v) is 32.8. The van der Waals surface area contributed by atoms with E-state index in [1.807, 2.05) is 0 Å². The zero-order valence-electron chi connectivity index (χ0n) is 30.8. The lowest BCUT2D eigenvalue weighted by atomic mass is 9.62. The highest BCUT2D eigenvalue weighted by molar-refractivity contribution is 7.00. The molecule has 264 valence electrons. The number of aliphatic hydroxyl groups is 1. The molecule has 0 unspecified atom stereocenters. The van der Waals surface area contributed by atoms with Crippen LogP contribution < -0.4 is 20.7 Å². The van der Waals surface area contributed by atoms with Crippen LogP contribution in [0.25, 0.3) is 0 Å². The molecule has 6 heteroatoms. The molecule has 1 N–H and O–H groups in total. The summed E-state index contributed by atoms with van der Waals surface area (Å²) in [6.45, 7) is 15.1. The molecule has 3 fully saturated rings. The lowest BCUT2D eigenvalue weighted by Gasteiger charge is -2.50. The van der Waals surface area contributed by atoms with E-state index in [-0.39, 0.29) is 27.8 Å². The molecule has 7 atom stereocenters. The van der Waals surface area contributed by atoms with Crippen molar-refractivity contribution < 1.29 is 18.7 Å². The molecule has 4 aromatic rings. The SMILES string of the molecule is CC(C)(C)[Si](OC[C@@H]1C[C@H]2C[C@H]3O[C@H]3C[C@H]2[C@@H](O)[C@H]1CO[Si](c1ccccc1)(c1ccccc1)C(C)(C)C)(c1ccccc1)c1ccccc1. The van der Waals surface area contributed by atoms with Crippen LogP contribution in [0.3, 0.4) is 0 Å². The zero-order chi connectivity index (χ0) is 35.1. The van der Waals surface area contributed by atoms with Gasteiger partial charge in [0.2, 0.25) is 0 Å². The van der Waals surface area contributed by atoms with Crippen LogP contribution in [0.1, 0.15) is 60.8 Å². The molecule has 0 radical (unpaired) electrons. The maximum atomic E-state index is 12.5. The molecule has 0 aromatic heterocycles. The van der Waals surface area contributed by atoms with E-state index >= 15 is 0 Å². The van der Waals surface area contributed by atoms with Crippen molar-refractivity contribution in [1.82, 2.24) is 0 Å². The molecule has 3 aliphatic rings. The molecular weight excluding hydrogens is 649 g/mol. The second-order valence-corrected chi connectivity index (χ2v) is 25.8. The van der Waals surface area contributed by atoms with Gasteiger partial charge in [0.15, 0.2) is 0 Å². The maximum Gasteiger partial charge on any atom is 0.261 e. The summed E-state index contributed by atoms with van der Waals surface area (Å²) in [6.07, 6.45) is 3.24. The molecule has 0 amide bonds. The molecule has 2 aliphatic carbocycles. The summed E-state index contributed by atoms with van der Waals surface area (Å²) in [7, 11) is -5.57. The number of aliphatic hydroxyl groups excluding tert-OH is 1. The minimum atomic E-state index is -2.80. The van der Waals surface area contributed by atoms with Gasteiger partial charge < -0.3 is 18.7 Å². The summed E-state index contributed by atoms with van der Waals surface area (Å²) in [5.41, 5.74) is 0. The Morgan fingerprint density at radius 3 is 1.34 bits per heavy atom. The Morgan fingerprint density at radius 2 is 0.940 bits per heavy atom. The number of hydrogen-bond donors (Lipinski definition) is 1. The Morgan fingerprint density at radius 1 is 0.560 bits per heavy atom. The second kappa shape index (κ2) is 13.9. The van der Waals surface area contributed by atoms with E-state index in [1.165, 1.54) is 20.7 Å². The van der Waals surface area contributed by atoms with Crippen molar-refractivity contribution in [3.63, 3.8) is 0 Å². The summed E-state index contributed by atoms with van der Waals surface area (Å²) < 4.78 is 21.3. The van der Waals surface area contributed by atoms with E-state index in [0.29, 0.717) is 31.3 Å². The molecule has 0 bridgehead atoms. The van der Waals surface area contributed by atoms with Gasteiger partial charge in [0.25, 0.3) is 16.6 Å². The fourth-order valence-electron chi connectivity index (χ4n) is 9.78. The molecule has 4 aromatic carbocycles. The van der Waals surface area contributed by atoms with Gasteiger partial charge in [0, 0.05) is 19.1 Å². The fraction of sp³-hybridized carbons (Fsp3) is 0.455. The Hall–Kier alpha value is -2.85. The van der Waals surface area contributed by atoms with Crippen molar-refractivity contribution in [2.24, 2.45) is 23.7 Å². The minimum Gasteiger partial charge on any atom is -0.407 e. The van der Waals surface area contributed by atoms with E-state index in [0.717, 1.165) is 19.3 Å². The molecule has 4 nitrogen and oxygen atoms in total. The predicted molar refractivity (Wildman–Crippen MR) is 210 cm³/mol. The number of benzene rings is 4. The van der Waals surface area contributed by atoms with Gasteiger partial charge in [-0.15, -0.1) is 0 Å². The first-order valence-electron chi connectivity index (χ1n) is 18.8. The van der Waals surface area contributed by atoms with Crippen LogP contribution in [0, 0.1) is 23.7 Å². The van der Waals surface area contributed by atoms with Gasteiger partial charge in [-0.1, -0.05) is 163 Å². The third kappa shape index (κ3) is 6.41. The maximum absolute atomic E-state index is 12.5. The Kier molecular flexibility index (Phi) is 9.91. The second-order valence-electron chi connectivity index (χ2n) is 17.2. The molecule has 1 aliphatic heterocycles. The smallest absolute Gasteiger partial charge is 0.261 e. The lowest BCUT2D eigenvalue weighted by Crippen LogP contribution is -2.68. The number of epoxide rings is 1. The molecule has 50 heavy (non-hydrogen) atoms. The third-order valence-electron chi connectivity index (χ3n) is 12.3. The van der Waals surface area contributed by atoms with E-state index < -0.39 is 22.7 Å². The van der Waals surface area contributed by atoms with Crippen LogP contribution in [0.2, 0.25) is 10.1 Å². The van der Waals surface area contributed by atoms with Crippen LogP contribution >= 0.6 is 0 Å². The van der Waals surface area contributed by atoms with Gasteiger partial charge >= 0.3 is 0 Å². The largest absolute Gasteiger partial charge is 0.407 e. The highest BCUT2D eigenvalue weighted by Crippen LogP contribution is 2.52.